The van der Waals surface area contributed by atoms with Crippen LogP contribution in [0.15, 0.2) is 42.5 Å². The van der Waals surface area contributed by atoms with E-state index in [-0.39, 0.29) is 0 Å². The largest absolute Gasteiger partial charge is 0.126 e. The van der Waals surface area contributed by atoms with E-state index in [4.69, 9.17) is 0 Å². The minimum Gasteiger partial charge on any atom is -0.126 e. The van der Waals surface area contributed by atoms with Crippen molar-refractivity contribution in [3.8, 4) is 0 Å². The van der Waals surface area contributed by atoms with Gasteiger partial charge in [-0.2, -0.15) is 0 Å². The summed E-state index contributed by atoms with van der Waals surface area (Å²) >= 11 is 2.08. The van der Waals surface area contributed by atoms with E-state index in [1.54, 1.807) is 0 Å². The summed E-state index contributed by atoms with van der Waals surface area (Å²) in [5.74, 6) is 1.27. The van der Waals surface area contributed by atoms with E-state index in [9.17, 15) is 0 Å². The van der Waals surface area contributed by atoms with Crippen molar-refractivity contribution in [2.45, 2.75) is 116 Å². The Kier molecular flexibility index (Phi) is 12.4. The van der Waals surface area contributed by atoms with Gasteiger partial charge in [-0.1, -0.05) is 146 Å². The Hall–Kier alpha value is -1.21. The second kappa shape index (κ2) is 15.6. The third-order valence-corrected chi connectivity index (χ3v) is 8.21. The van der Waals surface area contributed by atoms with Gasteiger partial charge in [0, 0.05) is 4.91 Å². The average Bonchev–Trinajstić information content (AvgIpc) is 2.82. The van der Waals surface area contributed by atoms with Crippen LogP contribution in [-0.4, -0.2) is 5.75 Å². The maximum atomic E-state index is 2.45. The summed E-state index contributed by atoms with van der Waals surface area (Å²) in [5, 5.41) is 2.89. The molecule has 0 saturated carbocycles. The first-order valence-corrected chi connectivity index (χ1v) is 14.7. The molecule has 0 spiro atoms. The summed E-state index contributed by atoms with van der Waals surface area (Å²) in [5.41, 5.74) is 2.95. The zero-order valence-electron chi connectivity index (χ0n) is 20.7. The minimum absolute atomic E-state index is 1.09. The van der Waals surface area contributed by atoms with E-state index in [2.05, 4.69) is 61.2 Å². The molecular weight excluding hydrogens is 404 g/mol. The zero-order valence-corrected chi connectivity index (χ0v) is 21.5. The molecule has 0 heterocycles. The Morgan fingerprint density at radius 3 is 1.75 bits per heavy atom. The van der Waals surface area contributed by atoms with E-state index in [0.29, 0.717) is 0 Å². The van der Waals surface area contributed by atoms with Gasteiger partial charge in [0.15, 0.2) is 0 Å². The number of rotatable bonds is 18. The fourth-order valence-electron chi connectivity index (χ4n) is 5.08. The summed E-state index contributed by atoms with van der Waals surface area (Å²) < 4.78 is 0. The lowest BCUT2D eigenvalue weighted by Gasteiger charge is -2.18. The van der Waals surface area contributed by atoms with Gasteiger partial charge in [0.05, 0.1) is 0 Å². The first-order chi connectivity index (χ1) is 15.9. The molecule has 0 aromatic heterocycles. The third kappa shape index (κ3) is 8.62. The Labute approximate surface area is 202 Å². The molecule has 176 valence electrons. The highest BCUT2D eigenvalue weighted by Crippen LogP contribution is 2.38. The van der Waals surface area contributed by atoms with E-state index >= 15 is 0 Å². The first-order valence-electron chi connectivity index (χ1n) is 13.7. The van der Waals surface area contributed by atoms with Crippen LogP contribution in [0, 0.1) is 0 Å². The lowest BCUT2D eigenvalue weighted by molar-refractivity contribution is 0.532. The van der Waals surface area contributed by atoms with Crippen molar-refractivity contribution in [1.82, 2.24) is 0 Å². The maximum Gasteiger partial charge on any atom is 0.0114 e. The first kappa shape index (κ1) is 25.4. The molecule has 0 saturated heterocycles. The summed E-state index contributed by atoms with van der Waals surface area (Å²) in [4.78, 5) is 1.51. The predicted molar refractivity (Wildman–Crippen MR) is 148 cm³/mol. The van der Waals surface area contributed by atoms with Crippen molar-refractivity contribution in [2.24, 2.45) is 0 Å². The standard InChI is InChI=1S/C31H46S/c1-2-3-4-5-6-7-8-9-10-11-12-13-14-15-16-17-26-32-30-25-24-28-21-18-20-27-22-19-23-29(30)31(27)28/h18-23,25H,2-17,24,26H2,1H3. The Balaban J connectivity index is 1.15. The zero-order chi connectivity index (χ0) is 22.3. The molecule has 32 heavy (non-hydrogen) atoms. The highest BCUT2D eigenvalue weighted by molar-refractivity contribution is 8.08. The van der Waals surface area contributed by atoms with Gasteiger partial charge in [0.25, 0.3) is 0 Å². The normalized spacial score (nSPS) is 13.0. The van der Waals surface area contributed by atoms with E-state index < -0.39 is 0 Å². The number of hydrogen-bond acceptors (Lipinski definition) is 1. The molecule has 0 amide bonds. The monoisotopic (exact) mass is 450 g/mol. The van der Waals surface area contributed by atoms with Crippen LogP contribution in [0.5, 0.6) is 0 Å². The maximum absolute atomic E-state index is 2.45. The molecule has 0 nitrogen and oxygen atoms in total. The van der Waals surface area contributed by atoms with Gasteiger partial charge in [-0.05, 0) is 40.5 Å². The van der Waals surface area contributed by atoms with Gasteiger partial charge >= 0.3 is 0 Å². The number of thioether (sulfide) groups is 1. The van der Waals surface area contributed by atoms with Crippen LogP contribution in [0.4, 0.5) is 0 Å². The van der Waals surface area contributed by atoms with Gasteiger partial charge in [-0.25, -0.2) is 0 Å². The van der Waals surface area contributed by atoms with Crippen molar-refractivity contribution < 1.29 is 0 Å². The van der Waals surface area contributed by atoms with Crippen LogP contribution in [0.1, 0.15) is 121 Å². The van der Waals surface area contributed by atoms with Crippen molar-refractivity contribution in [3.63, 3.8) is 0 Å². The molecule has 0 N–H and O–H groups in total. The van der Waals surface area contributed by atoms with Gasteiger partial charge in [-0.3, -0.25) is 0 Å². The summed E-state index contributed by atoms with van der Waals surface area (Å²) in [6.07, 6.45) is 26.6. The number of allylic oxidation sites excluding steroid dienone is 1. The smallest absolute Gasteiger partial charge is 0.0114 e. The van der Waals surface area contributed by atoms with Crippen molar-refractivity contribution in [3.05, 3.63) is 53.6 Å². The highest BCUT2D eigenvalue weighted by Gasteiger charge is 2.14. The molecule has 0 radical (unpaired) electrons. The van der Waals surface area contributed by atoms with Crippen LogP contribution >= 0.6 is 11.8 Å². The molecule has 3 rings (SSSR count). The van der Waals surface area contributed by atoms with Crippen molar-refractivity contribution >= 4 is 27.4 Å². The topological polar surface area (TPSA) is 0 Å². The highest BCUT2D eigenvalue weighted by atomic mass is 32.2. The number of hydrogen-bond donors (Lipinski definition) is 0. The van der Waals surface area contributed by atoms with Crippen LogP contribution in [-0.2, 0) is 6.42 Å². The lowest BCUT2D eigenvalue weighted by atomic mass is 9.93. The molecule has 0 atom stereocenters. The molecule has 2 aromatic rings. The summed E-state index contributed by atoms with van der Waals surface area (Å²) in [7, 11) is 0. The fraction of sp³-hybridized carbons (Fsp3) is 0.613. The molecule has 0 fully saturated rings. The average molecular weight is 451 g/mol. The van der Waals surface area contributed by atoms with Crippen LogP contribution in [0.2, 0.25) is 0 Å². The van der Waals surface area contributed by atoms with Gasteiger partial charge < -0.3 is 0 Å². The Bertz CT molecular complexity index is 798. The second-order valence-corrected chi connectivity index (χ2v) is 10.9. The molecular formula is C31H46S. The fourth-order valence-corrected chi connectivity index (χ4v) is 6.17. The van der Waals surface area contributed by atoms with Crippen LogP contribution < -0.4 is 0 Å². The third-order valence-electron chi connectivity index (χ3n) is 7.02. The van der Waals surface area contributed by atoms with Gasteiger partial charge in [0.1, 0.15) is 0 Å². The Morgan fingerprint density at radius 1 is 0.625 bits per heavy atom. The molecule has 0 bridgehead atoms. The molecule has 2 aromatic carbocycles. The molecule has 1 heteroatoms. The molecule has 1 aliphatic carbocycles. The van der Waals surface area contributed by atoms with Crippen molar-refractivity contribution in [2.75, 3.05) is 5.75 Å². The van der Waals surface area contributed by atoms with Gasteiger partial charge in [0.2, 0.25) is 0 Å². The summed E-state index contributed by atoms with van der Waals surface area (Å²) in [6, 6.07) is 13.5. The van der Waals surface area contributed by atoms with Crippen LogP contribution in [0.3, 0.4) is 0 Å². The predicted octanol–water partition coefficient (Wildman–Crippen LogP) is 10.7. The second-order valence-electron chi connectivity index (χ2n) is 9.75. The molecule has 0 aliphatic heterocycles. The van der Waals surface area contributed by atoms with Gasteiger partial charge in [-0.15, -0.1) is 11.8 Å². The lowest BCUT2D eigenvalue weighted by Crippen LogP contribution is -1.97. The minimum atomic E-state index is 1.09. The molecule has 0 unspecified atom stereocenters. The quantitative estimate of drug-likeness (QED) is 0.203. The van der Waals surface area contributed by atoms with E-state index in [1.165, 1.54) is 135 Å². The van der Waals surface area contributed by atoms with Crippen molar-refractivity contribution in [1.29, 1.82) is 0 Å². The van der Waals surface area contributed by atoms with E-state index in [1.807, 2.05) is 0 Å². The summed E-state index contributed by atoms with van der Waals surface area (Å²) in [6.45, 7) is 2.30. The molecule has 1 aliphatic rings. The SMILES string of the molecule is CCCCCCCCCCCCCCCCCCSC1=CCc2cccc3cccc1c23. The number of benzene rings is 2. The van der Waals surface area contributed by atoms with Crippen LogP contribution in [0.25, 0.3) is 15.7 Å². The van der Waals surface area contributed by atoms with E-state index in [0.717, 1.165) is 6.42 Å². The number of unbranched alkanes of at least 4 members (excludes halogenated alkanes) is 15. The Morgan fingerprint density at radius 2 is 1.16 bits per heavy atom.